The number of carbonyl (C=O) groups is 1. The van der Waals surface area contributed by atoms with Crippen LogP contribution < -0.4 is 15.8 Å². The number of ether oxygens (including phenoxy) is 1. The van der Waals surface area contributed by atoms with Gasteiger partial charge in [0, 0.05) is 32.7 Å². The van der Waals surface area contributed by atoms with Crippen LogP contribution in [0.2, 0.25) is 0 Å². The lowest BCUT2D eigenvalue weighted by molar-refractivity contribution is -0.126. The number of nitrogens with zero attached hydrogens (tertiary/aromatic N) is 2. The monoisotopic (exact) mass is 459 g/mol. The lowest BCUT2D eigenvalue weighted by Crippen LogP contribution is -2.45. The Labute approximate surface area is 185 Å². The summed E-state index contributed by atoms with van der Waals surface area (Å²) >= 11 is 0. The predicted octanol–water partition coefficient (Wildman–Crippen LogP) is 1.86. The first-order valence-corrected chi connectivity index (χ1v) is 11.7. The average Bonchev–Trinajstić information content (AvgIpc) is 3.10. The second kappa shape index (κ2) is 8.79. The maximum absolute atomic E-state index is 13.2. The molecular formula is C22H25N3O6S. The van der Waals surface area contributed by atoms with Crippen molar-refractivity contribution in [1.82, 2.24) is 14.2 Å². The van der Waals surface area contributed by atoms with Crippen LogP contribution in [0.25, 0.3) is 11.1 Å². The number of sulfonamides is 1. The Morgan fingerprint density at radius 3 is 2.84 bits per heavy atom. The molecule has 9 nitrogen and oxygen atoms in total. The number of methoxy groups -OCH3 is 1. The molecule has 1 aromatic heterocycles. The Morgan fingerprint density at radius 2 is 2.06 bits per heavy atom. The molecule has 0 aliphatic carbocycles. The smallest absolute Gasteiger partial charge is 0.419 e. The molecule has 0 unspecified atom stereocenters. The van der Waals surface area contributed by atoms with Crippen molar-refractivity contribution in [2.24, 2.45) is 13.0 Å². The van der Waals surface area contributed by atoms with Crippen molar-refractivity contribution in [3.8, 4) is 5.75 Å². The van der Waals surface area contributed by atoms with E-state index >= 15 is 0 Å². The normalized spacial score (nSPS) is 17.4. The number of fused-ring (bicyclic) bond motifs is 1. The van der Waals surface area contributed by atoms with Crippen molar-refractivity contribution in [2.45, 2.75) is 24.3 Å². The second-order valence-corrected chi connectivity index (χ2v) is 9.77. The van der Waals surface area contributed by atoms with Crippen LogP contribution >= 0.6 is 0 Å². The van der Waals surface area contributed by atoms with Crippen LogP contribution in [0, 0.1) is 5.92 Å². The van der Waals surface area contributed by atoms with Gasteiger partial charge in [-0.15, -0.1) is 0 Å². The highest BCUT2D eigenvalue weighted by Gasteiger charge is 2.33. The van der Waals surface area contributed by atoms with Crippen molar-refractivity contribution >= 4 is 27.0 Å². The predicted molar refractivity (Wildman–Crippen MR) is 118 cm³/mol. The Morgan fingerprint density at radius 1 is 1.25 bits per heavy atom. The van der Waals surface area contributed by atoms with E-state index in [2.05, 4.69) is 5.32 Å². The highest BCUT2D eigenvalue weighted by atomic mass is 32.2. The number of benzene rings is 2. The molecule has 170 valence electrons. The summed E-state index contributed by atoms with van der Waals surface area (Å²) in [6, 6.07) is 11.8. The van der Waals surface area contributed by atoms with Gasteiger partial charge < -0.3 is 14.5 Å². The standard InChI is InChI=1S/C22H25N3O6S/c1-24-19-9-8-18(12-20(19)31-22(24)27)32(28,29)25-10-4-6-16(14-25)21(26)23-13-15-5-3-7-17(11-15)30-2/h3,5,7-9,11-12,16H,4,6,10,13-14H2,1-2H3,(H,23,26)/t16-/m0/s1. The van der Waals surface area contributed by atoms with Gasteiger partial charge in [-0.25, -0.2) is 13.2 Å². The summed E-state index contributed by atoms with van der Waals surface area (Å²) in [6.07, 6.45) is 1.20. The lowest BCUT2D eigenvalue weighted by atomic mass is 9.99. The third-order valence-corrected chi connectivity index (χ3v) is 7.62. The second-order valence-electron chi connectivity index (χ2n) is 7.83. The maximum Gasteiger partial charge on any atom is 0.419 e. The number of aryl methyl sites for hydroxylation is 1. The molecule has 0 bridgehead atoms. The number of amides is 1. The van der Waals surface area contributed by atoms with Gasteiger partial charge in [-0.2, -0.15) is 4.31 Å². The fourth-order valence-corrected chi connectivity index (χ4v) is 5.45. The van der Waals surface area contributed by atoms with E-state index in [9.17, 15) is 18.0 Å². The van der Waals surface area contributed by atoms with E-state index < -0.39 is 21.7 Å². The van der Waals surface area contributed by atoms with Gasteiger partial charge in [0.25, 0.3) is 0 Å². The molecule has 1 amide bonds. The van der Waals surface area contributed by atoms with Crippen molar-refractivity contribution in [3.05, 3.63) is 58.6 Å². The van der Waals surface area contributed by atoms with E-state index in [0.717, 1.165) is 5.56 Å². The average molecular weight is 460 g/mol. The van der Waals surface area contributed by atoms with Gasteiger partial charge in [0.15, 0.2) is 5.58 Å². The van der Waals surface area contributed by atoms with E-state index in [1.165, 1.54) is 21.0 Å². The van der Waals surface area contributed by atoms with Crippen molar-refractivity contribution in [2.75, 3.05) is 20.2 Å². The molecule has 2 heterocycles. The number of nitrogens with one attached hydrogen (secondary N) is 1. The highest BCUT2D eigenvalue weighted by molar-refractivity contribution is 7.89. The summed E-state index contributed by atoms with van der Waals surface area (Å²) in [5.41, 5.74) is 1.63. The van der Waals surface area contributed by atoms with Crippen LogP contribution in [0.3, 0.4) is 0 Å². The van der Waals surface area contributed by atoms with Crippen molar-refractivity contribution in [1.29, 1.82) is 0 Å². The minimum atomic E-state index is -3.83. The summed E-state index contributed by atoms with van der Waals surface area (Å²) in [7, 11) is -0.696. The zero-order chi connectivity index (χ0) is 22.9. The minimum absolute atomic E-state index is 0.0387. The van der Waals surface area contributed by atoms with Crippen LogP contribution in [0.1, 0.15) is 18.4 Å². The van der Waals surface area contributed by atoms with Crippen LogP contribution in [-0.4, -0.2) is 43.4 Å². The number of hydrogen-bond donors (Lipinski definition) is 1. The van der Waals surface area contributed by atoms with Crippen molar-refractivity contribution in [3.63, 3.8) is 0 Å². The molecule has 10 heteroatoms. The summed E-state index contributed by atoms with van der Waals surface area (Å²) < 4.78 is 39.3. The van der Waals surface area contributed by atoms with Crippen molar-refractivity contribution < 1.29 is 22.4 Å². The Bertz CT molecular complexity index is 1310. The lowest BCUT2D eigenvalue weighted by Gasteiger charge is -2.31. The molecule has 2 aromatic carbocycles. The molecule has 1 saturated heterocycles. The van der Waals surface area contributed by atoms with Crippen LogP contribution in [0.15, 0.2) is 56.6 Å². The first-order valence-electron chi connectivity index (χ1n) is 10.3. The van der Waals surface area contributed by atoms with Crippen LogP contribution in [0.4, 0.5) is 0 Å². The molecule has 1 N–H and O–H groups in total. The van der Waals surface area contributed by atoms with E-state index in [1.807, 2.05) is 24.3 Å². The number of rotatable bonds is 6. The molecule has 0 radical (unpaired) electrons. The number of aromatic nitrogens is 1. The third-order valence-electron chi connectivity index (χ3n) is 5.76. The van der Waals surface area contributed by atoms with Gasteiger partial charge in [0.1, 0.15) is 5.75 Å². The minimum Gasteiger partial charge on any atom is -0.497 e. The fourth-order valence-electron chi connectivity index (χ4n) is 3.91. The Kier molecular flexibility index (Phi) is 6.07. The van der Waals surface area contributed by atoms with E-state index in [4.69, 9.17) is 9.15 Å². The summed E-state index contributed by atoms with van der Waals surface area (Å²) in [5.74, 6) is -0.474. The van der Waals surface area contributed by atoms with Gasteiger partial charge in [0.05, 0.1) is 23.4 Å². The number of carbonyl (C=O) groups excluding carboxylic acids is 1. The maximum atomic E-state index is 13.2. The number of hydrogen-bond acceptors (Lipinski definition) is 6. The highest BCUT2D eigenvalue weighted by Crippen LogP contribution is 2.26. The quantitative estimate of drug-likeness (QED) is 0.602. The Balaban J connectivity index is 1.46. The third kappa shape index (κ3) is 4.28. The molecule has 3 aromatic rings. The zero-order valence-corrected chi connectivity index (χ0v) is 18.7. The molecule has 0 spiro atoms. The number of piperidine rings is 1. The molecule has 1 atom stereocenters. The van der Waals surface area contributed by atoms with E-state index in [-0.39, 0.29) is 22.9 Å². The fraction of sp³-hybridized carbons (Fsp3) is 0.364. The van der Waals surface area contributed by atoms with Crippen LogP contribution in [0.5, 0.6) is 5.75 Å². The van der Waals surface area contributed by atoms with Crippen LogP contribution in [-0.2, 0) is 28.4 Å². The largest absolute Gasteiger partial charge is 0.497 e. The SMILES string of the molecule is COc1cccc(CNC(=O)[C@H]2CCCN(S(=O)(=O)c3ccc4c(c3)oc(=O)n4C)C2)c1. The first-order chi connectivity index (χ1) is 15.3. The molecule has 1 fully saturated rings. The van der Waals surface area contributed by atoms with E-state index in [0.29, 0.717) is 37.2 Å². The topological polar surface area (TPSA) is 111 Å². The Hall–Kier alpha value is -3.11. The molecule has 1 aliphatic heterocycles. The first kappa shape index (κ1) is 22.1. The summed E-state index contributed by atoms with van der Waals surface area (Å²) in [6.45, 7) is 0.769. The summed E-state index contributed by atoms with van der Waals surface area (Å²) in [5, 5.41) is 2.90. The van der Waals surface area contributed by atoms with Gasteiger partial charge in [-0.05, 0) is 42.7 Å². The summed E-state index contributed by atoms with van der Waals surface area (Å²) in [4.78, 5) is 24.5. The van der Waals surface area contributed by atoms with Gasteiger partial charge >= 0.3 is 5.76 Å². The molecule has 0 saturated carbocycles. The molecule has 1 aliphatic rings. The zero-order valence-electron chi connectivity index (χ0n) is 17.9. The molecule has 4 rings (SSSR count). The van der Waals surface area contributed by atoms with E-state index in [1.54, 1.807) is 20.2 Å². The van der Waals surface area contributed by atoms with Gasteiger partial charge in [-0.3, -0.25) is 9.36 Å². The van der Waals surface area contributed by atoms with Gasteiger partial charge in [0.2, 0.25) is 15.9 Å². The molecular weight excluding hydrogens is 434 g/mol. The molecule has 32 heavy (non-hydrogen) atoms. The van der Waals surface area contributed by atoms with Gasteiger partial charge in [-0.1, -0.05) is 12.1 Å². The number of oxazole rings is 1.